The predicted octanol–water partition coefficient (Wildman–Crippen LogP) is 2.71. The van der Waals surface area contributed by atoms with Crippen molar-refractivity contribution < 1.29 is 4.74 Å². The van der Waals surface area contributed by atoms with Crippen LogP contribution in [0.5, 0.6) is 0 Å². The van der Waals surface area contributed by atoms with Crippen molar-refractivity contribution in [2.75, 3.05) is 13.2 Å². The summed E-state index contributed by atoms with van der Waals surface area (Å²) in [5, 5.41) is 0. The Morgan fingerprint density at radius 1 is 1.00 bits per heavy atom. The van der Waals surface area contributed by atoms with Gasteiger partial charge in [0.1, 0.15) is 0 Å². The van der Waals surface area contributed by atoms with E-state index in [4.69, 9.17) is 10.5 Å². The van der Waals surface area contributed by atoms with Crippen LogP contribution in [0.3, 0.4) is 0 Å². The van der Waals surface area contributed by atoms with Crippen LogP contribution in [0.4, 0.5) is 0 Å². The Balaban J connectivity index is 1.95. The van der Waals surface area contributed by atoms with Gasteiger partial charge in [0.2, 0.25) is 0 Å². The van der Waals surface area contributed by atoms with Crippen LogP contribution in [0, 0.1) is 11.3 Å². The highest BCUT2D eigenvalue weighted by Gasteiger charge is 2.41. The third kappa shape index (κ3) is 2.54. The molecule has 0 bridgehead atoms. The summed E-state index contributed by atoms with van der Waals surface area (Å²) in [6.45, 7) is 6.59. The molecule has 2 fully saturated rings. The second-order valence-corrected chi connectivity index (χ2v) is 6.28. The van der Waals surface area contributed by atoms with Crippen LogP contribution in [0.15, 0.2) is 0 Å². The van der Waals surface area contributed by atoms with Crippen LogP contribution in [0.2, 0.25) is 0 Å². The Labute approximate surface area is 93.6 Å². The van der Waals surface area contributed by atoms with Gasteiger partial charge in [-0.05, 0) is 49.9 Å². The molecule has 1 heterocycles. The molecule has 0 atom stereocenters. The second kappa shape index (κ2) is 4.06. The van der Waals surface area contributed by atoms with Gasteiger partial charge in [-0.15, -0.1) is 0 Å². The molecule has 0 unspecified atom stereocenters. The number of hydrogen-bond donors (Lipinski definition) is 1. The smallest absolute Gasteiger partial charge is 0.0469 e. The Kier molecular flexibility index (Phi) is 3.09. The molecule has 1 saturated carbocycles. The van der Waals surface area contributed by atoms with E-state index in [-0.39, 0.29) is 5.54 Å². The van der Waals surface area contributed by atoms with Gasteiger partial charge in [-0.25, -0.2) is 0 Å². The summed E-state index contributed by atoms with van der Waals surface area (Å²) < 4.78 is 5.42. The molecular formula is C13H25NO. The van der Waals surface area contributed by atoms with E-state index < -0.39 is 0 Å². The molecule has 0 spiro atoms. The first-order valence-corrected chi connectivity index (χ1v) is 6.39. The average Bonchev–Trinajstić information content (AvgIpc) is 2.24. The molecule has 1 aliphatic carbocycles. The van der Waals surface area contributed by atoms with Gasteiger partial charge in [0.15, 0.2) is 0 Å². The lowest BCUT2D eigenvalue weighted by molar-refractivity contribution is 0.0163. The Morgan fingerprint density at radius 3 is 2.07 bits per heavy atom. The fraction of sp³-hybridized carbons (Fsp3) is 1.00. The maximum Gasteiger partial charge on any atom is 0.0469 e. The lowest BCUT2D eigenvalue weighted by atomic mass is 9.64. The minimum atomic E-state index is 0.124. The van der Waals surface area contributed by atoms with Gasteiger partial charge in [0.25, 0.3) is 0 Å². The quantitative estimate of drug-likeness (QED) is 0.724. The molecule has 2 heteroatoms. The van der Waals surface area contributed by atoms with Crippen molar-refractivity contribution in [1.82, 2.24) is 0 Å². The highest BCUT2D eigenvalue weighted by molar-refractivity contribution is 4.97. The van der Waals surface area contributed by atoms with E-state index in [1.165, 1.54) is 38.5 Å². The van der Waals surface area contributed by atoms with E-state index in [1.54, 1.807) is 0 Å². The number of hydrogen-bond acceptors (Lipinski definition) is 2. The summed E-state index contributed by atoms with van der Waals surface area (Å²) in [6.07, 6.45) is 7.37. The normalized spacial score (nSPS) is 31.4. The van der Waals surface area contributed by atoms with E-state index in [2.05, 4.69) is 13.8 Å². The van der Waals surface area contributed by atoms with E-state index in [0.717, 1.165) is 13.2 Å². The zero-order chi connectivity index (χ0) is 10.9. The first-order valence-electron chi connectivity index (χ1n) is 6.39. The van der Waals surface area contributed by atoms with Crippen molar-refractivity contribution in [2.24, 2.45) is 17.1 Å². The van der Waals surface area contributed by atoms with Crippen LogP contribution < -0.4 is 5.73 Å². The SMILES string of the molecule is CC1(C)CCC(N)(C2CCOCC2)CC1. The zero-order valence-corrected chi connectivity index (χ0v) is 10.2. The fourth-order valence-corrected chi connectivity index (χ4v) is 3.07. The Morgan fingerprint density at radius 2 is 1.53 bits per heavy atom. The summed E-state index contributed by atoms with van der Waals surface area (Å²) in [4.78, 5) is 0. The monoisotopic (exact) mass is 211 g/mol. The van der Waals surface area contributed by atoms with Crippen LogP contribution in [0.25, 0.3) is 0 Å². The molecule has 0 radical (unpaired) electrons. The van der Waals surface area contributed by atoms with Crippen molar-refractivity contribution >= 4 is 0 Å². The summed E-state index contributed by atoms with van der Waals surface area (Å²) in [5.74, 6) is 0.711. The number of rotatable bonds is 1. The van der Waals surface area contributed by atoms with Gasteiger partial charge < -0.3 is 10.5 Å². The van der Waals surface area contributed by atoms with Gasteiger partial charge in [-0.1, -0.05) is 13.8 Å². The molecule has 1 aliphatic heterocycles. The summed E-state index contributed by atoms with van der Waals surface area (Å²) in [5.41, 5.74) is 7.25. The topological polar surface area (TPSA) is 35.2 Å². The molecule has 2 aliphatic rings. The lowest BCUT2D eigenvalue weighted by Gasteiger charge is -2.46. The standard InChI is InChI=1S/C13H25NO/c1-12(2)5-7-13(14,8-6-12)11-3-9-15-10-4-11/h11H,3-10,14H2,1-2H3. The van der Waals surface area contributed by atoms with Gasteiger partial charge in [-0.3, -0.25) is 0 Å². The van der Waals surface area contributed by atoms with Crippen LogP contribution in [-0.2, 0) is 4.74 Å². The van der Waals surface area contributed by atoms with Crippen molar-refractivity contribution in [3.8, 4) is 0 Å². The second-order valence-electron chi connectivity index (χ2n) is 6.28. The van der Waals surface area contributed by atoms with E-state index in [1.807, 2.05) is 0 Å². The Hall–Kier alpha value is -0.0800. The van der Waals surface area contributed by atoms with Crippen LogP contribution in [-0.4, -0.2) is 18.8 Å². The lowest BCUT2D eigenvalue weighted by Crippen LogP contribution is -2.52. The summed E-state index contributed by atoms with van der Waals surface area (Å²) >= 11 is 0. The minimum absolute atomic E-state index is 0.124. The van der Waals surface area contributed by atoms with Crippen LogP contribution >= 0.6 is 0 Å². The van der Waals surface area contributed by atoms with E-state index >= 15 is 0 Å². The fourth-order valence-electron chi connectivity index (χ4n) is 3.07. The first kappa shape index (κ1) is 11.4. The highest BCUT2D eigenvalue weighted by Crippen LogP contribution is 2.44. The average molecular weight is 211 g/mol. The van der Waals surface area contributed by atoms with Crippen molar-refractivity contribution in [2.45, 2.75) is 57.9 Å². The van der Waals surface area contributed by atoms with Crippen molar-refractivity contribution in [1.29, 1.82) is 0 Å². The first-order chi connectivity index (χ1) is 7.02. The van der Waals surface area contributed by atoms with Gasteiger partial charge >= 0.3 is 0 Å². The molecule has 0 aromatic rings. The molecule has 2 rings (SSSR count). The van der Waals surface area contributed by atoms with E-state index in [9.17, 15) is 0 Å². The molecular weight excluding hydrogens is 186 g/mol. The zero-order valence-electron chi connectivity index (χ0n) is 10.2. The largest absolute Gasteiger partial charge is 0.381 e. The molecule has 88 valence electrons. The molecule has 2 nitrogen and oxygen atoms in total. The summed E-state index contributed by atoms with van der Waals surface area (Å²) in [7, 11) is 0. The van der Waals surface area contributed by atoms with E-state index in [0.29, 0.717) is 11.3 Å². The predicted molar refractivity (Wildman–Crippen MR) is 62.7 cm³/mol. The van der Waals surface area contributed by atoms with Gasteiger partial charge in [0.05, 0.1) is 0 Å². The number of nitrogens with two attached hydrogens (primary N) is 1. The maximum atomic E-state index is 6.60. The minimum Gasteiger partial charge on any atom is -0.381 e. The third-order valence-corrected chi connectivity index (χ3v) is 4.57. The van der Waals surface area contributed by atoms with Crippen molar-refractivity contribution in [3.63, 3.8) is 0 Å². The molecule has 1 saturated heterocycles. The molecule has 2 N–H and O–H groups in total. The summed E-state index contributed by atoms with van der Waals surface area (Å²) in [6, 6.07) is 0. The Bertz CT molecular complexity index is 209. The number of ether oxygens (including phenoxy) is 1. The molecule has 0 amide bonds. The highest BCUT2D eigenvalue weighted by atomic mass is 16.5. The van der Waals surface area contributed by atoms with Gasteiger partial charge in [-0.2, -0.15) is 0 Å². The third-order valence-electron chi connectivity index (χ3n) is 4.57. The maximum absolute atomic E-state index is 6.60. The molecule has 0 aromatic carbocycles. The molecule has 15 heavy (non-hydrogen) atoms. The van der Waals surface area contributed by atoms with Crippen molar-refractivity contribution in [3.05, 3.63) is 0 Å². The van der Waals surface area contributed by atoms with Crippen LogP contribution in [0.1, 0.15) is 52.4 Å². The van der Waals surface area contributed by atoms with Gasteiger partial charge in [0, 0.05) is 18.8 Å². The molecule has 0 aromatic heterocycles.